The van der Waals surface area contributed by atoms with E-state index in [0.29, 0.717) is 5.69 Å². The van der Waals surface area contributed by atoms with Gasteiger partial charge in [0.25, 0.3) is 0 Å². The number of hydrogen-bond acceptors (Lipinski definition) is 3. The number of aromatic nitrogens is 2. The number of benzene rings is 1. The molecule has 120 valence electrons. The highest BCUT2D eigenvalue weighted by Crippen LogP contribution is 2.26. The van der Waals surface area contributed by atoms with Crippen LogP contribution >= 0.6 is 0 Å². The summed E-state index contributed by atoms with van der Waals surface area (Å²) < 4.78 is 15.3. The molecule has 3 rings (SSSR count). The molecule has 0 atom stereocenters. The van der Waals surface area contributed by atoms with Crippen LogP contribution in [0.25, 0.3) is 16.9 Å². The quantitative estimate of drug-likeness (QED) is 0.783. The number of anilines is 1. The number of halogens is 1. The van der Waals surface area contributed by atoms with E-state index in [2.05, 4.69) is 18.7 Å². The SMILES string of the molecule is CCN(CC)Cc1c(-c2ccc(F)cc2)nc2ccc(N)cn12. The summed E-state index contributed by atoms with van der Waals surface area (Å²) in [6, 6.07) is 10.2. The number of hydrogen-bond donors (Lipinski definition) is 1. The molecule has 0 amide bonds. The van der Waals surface area contributed by atoms with Gasteiger partial charge in [0.2, 0.25) is 0 Å². The summed E-state index contributed by atoms with van der Waals surface area (Å²) in [6.45, 7) is 6.95. The fourth-order valence-electron chi connectivity index (χ4n) is 2.76. The molecule has 0 unspecified atom stereocenters. The Hall–Kier alpha value is -2.40. The smallest absolute Gasteiger partial charge is 0.137 e. The number of imidazole rings is 1. The van der Waals surface area contributed by atoms with Crippen molar-refractivity contribution >= 4 is 11.3 Å². The van der Waals surface area contributed by atoms with Crippen LogP contribution in [-0.4, -0.2) is 27.4 Å². The third kappa shape index (κ3) is 3.05. The minimum absolute atomic E-state index is 0.243. The molecule has 0 aliphatic carbocycles. The normalized spacial score (nSPS) is 11.5. The molecule has 3 aromatic rings. The molecule has 2 heterocycles. The van der Waals surface area contributed by atoms with Crippen LogP contribution < -0.4 is 5.73 Å². The molecule has 0 fully saturated rings. The van der Waals surface area contributed by atoms with Gasteiger partial charge >= 0.3 is 0 Å². The van der Waals surface area contributed by atoms with Gasteiger partial charge in [-0.15, -0.1) is 0 Å². The predicted molar refractivity (Wildman–Crippen MR) is 91.6 cm³/mol. The van der Waals surface area contributed by atoms with Crippen LogP contribution in [0.15, 0.2) is 42.6 Å². The van der Waals surface area contributed by atoms with E-state index in [1.165, 1.54) is 12.1 Å². The van der Waals surface area contributed by atoms with Crippen molar-refractivity contribution in [2.45, 2.75) is 20.4 Å². The van der Waals surface area contributed by atoms with E-state index < -0.39 is 0 Å². The molecule has 0 aliphatic heterocycles. The van der Waals surface area contributed by atoms with Gasteiger partial charge in [-0.3, -0.25) is 4.90 Å². The zero-order chi connectivity index (χ0) is 16.4. The van der Waals surface area contributed by atoms with E-state index in [1.807, 2.05) is 22.7 Å². The van der Waals surface area contributed by atoms with Crippen LogP contribution in [-0.2, 0) is 6.54 Å². The van der Waals surface area contributed by atoms with E-state index in [4.69, 9.17) is 10.7 Å². The van der Waals surface area contributed by atoms with E-state index in [-0.39, 0.29) is 5.82 Å². The van der Waals surface area contributed by atoms with Crippen molar-refractivity contribution in [1.82, 2.24) is 14.3 Å². The zero-order valence-electron chi connectivity index (χ0n) is 13.5. The Balaban J connectivity index is 2.17. The van der Waals surface area contributed by atoms with Crippen LogP contribution in [0.5, 0.6) is 0 Å². The lowest BCUT2D eigenvalue weighted by molar-refractivity contribution is 0.292. The first-order valence-electron chi connectivity index (χ1n) is 7.87. The molecule has 4 nitrogen and oxygen atoms in total. The van der Waals surface area contributed by atoms with Crippen molar-refractivity contribution in [2.24, 2.45) is 0 Å². The monoisotopic (exact) mass is 312 g/mol. The van der Waals surface area contributed by atoms with Gasteiger partial charge in [-0.05, 0) is 49.5 Å². The summed E-state index contributed by atoms with van der Waals surface area (Å²) in [7, 11) is 0. The summed E-state index contributed by atoms with van der Waals surface area (Å²) in [5.41, 5.74) is 10.4. The van der Waals surface area contributed by atoms with Crippen molar-refractivity contribution in [3.05, 3.63) is 54.1 Å². The zero-order valence-corrected chi connectivity index (χ0v) is 13.5. The van der Waals surface area contributed by atoms with Crippen molar-refractivity contribution in [2.75, 3.05) is 18.8 Å². The molecular weight excluding hydrogens is 291 g/mol. The molecule has 5 heteroatoms. The molecule has 0 aliphatic rings. The molecule has 0 radical (unpaired) electrons. The number of nitrogen functional groups attached to an aromatic ring is 1. The first kappa shape index (κ1) is 15.5. The highest BCUT2D eigenvalue weighted by molar-refractivity contribution is 5.67. The second-order valence-corrected chi connectivity index (χ2v) is 5.57. The minimum atomic E-state index is -0.243. The lowest BCUT2D eigenvalue weighted by Gasteiger charge is -2.18. The largest absolute Gasteiger partial charge is 0.398 e. The lowest BCUT2D eigenvalue weighted by atomic mass is 10.1. The van der Waals surface area contributed by atoms with Gasteiger partial charge in [0.15, 0.2) is 0 Å². The lowest BCUT2D eigenvalue weighted by Crippen LogP contribution is -2.23. The van der Waals surface area contributed by atoms with Crippen LogP contribution in [0.4, 0.5) is 10.1 Å². The molecule has 2 N–H and O–H groups in total. The van der Waals surface area contributed by atoms with E-state index in [9.17, 15) is 4.39 Å². The second-order valence-electron chi connectivity index (χ2n) is 5.57. The molecule has 0 spiro atoms. The number of nitrogens with zero attached hydrogens (tertiary/aromatic N) is 3. The Morgan fingerprint density at radius 1 is 1.09 bits per heavy atom. The average molecular weight is 312 g/mol. The Bertz CT molecular complexity index is 804. The standard InChI is InChI=1S/C18H21FN4/c1-3-22(4-2)12-16-18(13-5-7-14(19)8-6-13)21-17-10-9-15(20)11-23(16)17/h5-11H,3-4,12,20H2,1-2H3. The highest BCUT2D eigenvalue weighted by Gasteiger charge is 2.16. The topological polar surface area (TPSA) is 46.6 Å². The predicted octanol–water partition coefficient (Wildman–Crippen LogP) is 3.56. The van der Waals surface area contributed by atoms with Crippen molar-refractivity contribution in [3.8, 4) is 11.3 Å². The Morgan fingerprint density at radius 3 is 2.43 bits per heavy atom. The second kappa shape index (κ2) is 6.38. The third-order valence-corrected chi connectivity index (χ3v) is 4.13. The van der Waals surface area contributed by atoms with Gasteiger partial charge in [0.1, 0.15) is 11.5 Å². The number of fused-ring (bicyclic) bond motifs is 1. The van der Waals surface area contributed by atoms with Crippen molar-refractivity contribution in [3.63, 3.8) is 0 Å². The van der Waals surface area contributed by atoms with E-state index in [1.54, 1.807) is 12.1 Å². The molecule has 0 saturated heterocycles. The van der Waals surface area contributed by atoms with Gasteiger partial charge in [-0.25, -0.2) is 9.37 Å². The summed E-state index contributed by atoms with van der Waals surface area (Å²) in [4.78, 5) is 7.05. The van der Waals surface area contributed by atoms with Gasteiger partial charge in [0, 0.05) is 24.0 Å². The van der Waals surface area contributed by atoms with Crippen molar-refractivity contribution < 1.29 is 4.39 Å². The summed E-state index contributed by atoms with van der Waals surface area (Å²) >= 11 is 0. The van der Waals surface area contributed by atoms with Gasteiger partial charge in [-0.1, -0.05) is 13.8 Å². The molecule has 23 heavy (non-hydrogen) atoms. The van der Waals surface area contributed by atoms with E-state index >= 15 is 0 Å². The fraction of sp³-hybridized carbons (Fsp3) is 0.278. The van der Waals surface area contributed by atoms with Gasteiger partial charge in [0.05, 0.1) is 11.4 Å². The van der Waals surface area contributed by atoms with Crippen molar-refractivity contribution in [1.29, 1.82) is 0 Å². The number of rotatable bonds is 5. The molecule has 0 saturated carbocycles. The molecule has 1 aromatic carbocycles. The van der Waals surface area contributed by atoms with Crippen LogP contribution in [0.1, 0.15) is 19.5 Å². The molecule has 0 bridgehead atoms. The van der Waals surface area contributed by atoms with E-state index in [0.717, 1.165) is 42.2 Å². The molecular formula is C18H21FN4. The third-order valence-electron chi connectivity index (χ3n) is 4.13. The Morgan fingerprint density at radius 2 is 1.78 bits per heavy atom. The number of nitrogens with two attached hydrogens (primary N) is 1. The summed E-state index contributed by atoms with van der Waals surface area (Å²) in [5, 5.41) is 0. The highest BCUT2D eigenvalue weighted by atomic mass is 19.1. The first-order chi connectivity index (χ1) is 11.1. The van der Waals surface area contributed by atoms with Crippen LogP contribution in [0.3, 0.4) is 0 Å². The van der Waals surface area contributed by atoms with Gasteiger partial charge in [-0.2, -0.15) is 0 Å². The number of pyridine rings is 1. The minimum Gasteiger partial charge on any atom is -0.398 e. The summed E-state index contributed by atoms with van der Waals surface area (Å²) in [5.74, 6) is -0.243. The van der Waals surface area contributed by atoms with Gasteiger partial charge < -0.3 is 10.1 Å². The Labute approximate surface area is 135 Å². The maximum absolute atomic E-state index is 13.2. The maximum Gasteiger partial charge on any atom is 0.137 e. The first-order valence-corrected chi connectivity index (χ1v) is 7.87. The summed E-state index contributed by atoms with van der Waals surface area (Å²) in [6.07, 6.45) is 1.90. The molecule has 2 aromatic heterocycles. The maximum atomic E-state index is 13.2. The fourth-order valence-corrected chi connectivity index (χ4v) is 2.76. The van der Waals surface area contributed by atoms with Crippen LogP contribution in [0, 0.1) is 5.82 Å². The van der Waals surface area contributed by atoms with Crippen LogP contribution in [0.2, 0.25) is 0 Å². The Kier molecular flexibility index (Phi) is 4.30. The average Bonchev–Trinajstić information content (AvgIpc) is 2.91.